The molecule has 11 heteroatoms. The van der Waals surface area contributed by atoms with Crippen molar-refractivity contribution in [3.8, 4) is 5.75 Å². The summed E-state index contributed by atoms with van der Waals surface area (Å²) >= 11 is 1.41. The number of carbonyl (C=O) groups is 1. The van der Waals surface area contributed by atoms with Gasteiger partial charge in [-0.15, -0.1) is 11.3 Å². The van der Waals surface area contributed by atoms with Crippen molar-refractivity contribution in [1.82, 2.24) is 9.97 Å². The van der Waals surface area contributed by atoms with Gasteiger partial charge in [-0.3, -0.25) is 8.98 Å². The van der Waals surface area contributed by atoms with Gasteiger partial charge in [-0.05, 0) is 66.7 Å². The molecule has 186 valence electrons. The number of para-hydroxylation sites is 1. The summed E-state index contributed by atoms with van der Waals surface area (Å²) in [5.41, 5.74) is 2.63. The van der Waals surface area contributed by atoms with E-state index in [1.807, 2.05) is 35.7 Å². The van der Waals surface area contributed by atoms with Crippen LogP contribution in [-0.2, 0) is 27.3 Å². The third kappa shape index (κ3) is 6.85. The standard InChI is InChI=1S/C24H28N4O5S2/c1-32-21-5-3-2-4-18(21)8-6-17-11-22(34-14-17)23(29)20-12-26-15-27-24(20)28-19-9-7-16(10-19)13-33-35(25,30)31/h2-5,11-12,14-16,19H,6-10,13H2,1H3,(H2,25,30,31)(H,26,27,28)/t16-,19+/m1/s1. The molecule has 0 bridgehead atoms. The van der Waals surface area contributed by atoms with Crippen molar-refractivity contribution in [1.29, 1.82) is 0 Å². The number of aryl methyl sites for hydroxylation is 2. The molecule has 0 aliphatic heterocycles. The van der Waals surface area contributed by atoms with Gasteiger partial charge in [0.25, 0.3) is 0 Å². The van der Waals surface area contributed by atoms with E-state index in [4.69, 9.17) is 14.1 Å². The minimum atomic E-state index is -3.95. The number of nitrogens with one attached hydrogen (secondary N) is 1. The summed E-state index contributed by atoms with van der Waals surface area (Å²) in [7, 11) is -2.28. The van der Waals surface area contributed by atoms with Crippen molar-refractivity contribution in [2.75, 3.05) is 19.0 Å². The Labute approximate surface area is 209 Å². The molecule has 4 rings (SSSR count). The highest BCUT2D eigenvalue weighted by Gasteiger charge is 2.28. The normalized spacial score (nSPS) is 17.9. The summed E-state index contributed by atoms with van der Waals surface area (Å²) in [6.07, 6.45) is 6.84. The minimum absolute atomic E-state index is 0.0466. The van der Waals surface area contributed by atoms with Crippen molar-refractivity contribution >= 4 is 33.2 Å². The Morgan fingerprint density at radius 1 is 1.26 bits per heavy atom. The summed E-state index contributed by atoms with van der Waals surface area (Å²) in [6, 6.07) is 9.90. The smallest absolute Gasteiger partial charge is 0.333 e. The van der Waals surface area contributed by atoms with Gasteiger partial charge in [-0.2, -0.15) is 8.42 Å². The van der Waals surface area contributed by atoms with Gasteiger partial charge in [0.1, 0.15) is 17.9 Å². The first-order valence-electron chi connectivity index (χ1n) is 11.3. The predicted octanol–water partition coefficient (Wildman–Crippen LogP) is 3.36. The van der Waals surface area contributed by atoms with Gasteiger partial charge in [-0.25, -0.2) is 15.1 Å². The number of ketones is 1. The Balaban J connectivity index is 1.39. The maximum atomic E-state index is 13.3. The lowest BCUT2D eigenvalue weighted by molar-refractivity contribution is 0.104. The van der Waals surface area contributed by atoms with E-state index in [1.54, 1.807) is 7.11 Å². The second-order valence-corrected chi connectivity index (χ2v) is 10.7. The van der Waals surface area contributed by atoms with Crippen LogP contribution in [0, 0.1) is 5.92 Å². The van der Waals surface area contributed by atoms with Crippen molar-refractivity contribution in [3.05, 3.63) is 69.8 Å². The molecule has 1 fully saturated rings. The Kier molecular flexibility index (Phi) is 8.11. The average Bonchev–Trinajstić information content (AvgIpc) is 3.51. The molecule has 1 saturated carbocycles. The number of aromatic nitrogens is 2. The monoisotopic (exact) mass is 516 g/mol. The number of hydrogen-bond donors (Lipinski definition) is 2. The molecular weight excluding hydrogens is 488 g/mol. The van der Waals surface area contributed by atoms with Gasteiger partial charge in [0.05, 0.1) is 24.2 Å². The Morgan fingerprint density at radius 2 is 2.09 bits per heavy atom. The van der Waals surface area contributed by atoms with E-state index in [9.17, 15) is 13.2 Å². The molecular formula is C24H28N4O5S2. The lowest BCUT2D eigenvalue weighted by atomic mass is 10.0. The number of ether oxygens (including phenoxy) is 1. The van der Waals surface area contributed by atoms with E-state index < -0.39 is 10.3 Å². The molecule has 2 atom stereocenters. The number of carbonyl (C=O) groups excluding carboxylic acids is 1. The molecule has 1 aliphatic rings. The SMILES string of the molecule is COc1ccccc1CCc1csc(C(=O)c2cncnc2N[C@H]2CC[C@@H](COS(N)(=O)=O)C2)c1. The van der Waals surface area contributed by atoms with Crippen LogP contribution in [-0.4, -0.2) is 43.9 Å². The molecule has 1 aliphatic carbocycles. The van der Waals surface area contributed by atoms with Crippen LogP contribution in [0.4, 0.5) is 5.82 Å². The summed E-state index contributed by atoms with van der Waals surface area (Å²) in [5.74, 6) is 1.28. The lowest BCUT2D eigenvalue weighted by Crippen LogP contribution is -2.22. The first kappa shape index (κ1) is 25.2. The molecule has 0 spiro atoms. The topological polar surface area (TPSA) is 134 Å². The molecule has 2 heterocycles. The number of nitrogens with two attached hydrogens (primary N) is 1. The highest BCUT2D eigenvalue weighted by molar-refractivity contribution is 7.84. The number of nitrogens with zero attached hydrogens (tertiary/aromatic N) is 2. The Morgan fingerprint density at radius 3 is 2.89 bits per heavy atom. The van der Waals surface area contributed by atoms with Gasteiger partial charge in [0, 0.05) is 12.2 Å². The average molecular weight is 517 g/mol. The highest BCUT2D eigenvalue weighted by Crippen LogP contribution is 2.30. The van der Waals surface area contributed by atoms with Crippen molar-refractivity contribution < 1.29 is 22.1 Å². The maximum Gasteiger partial charge on any atom is 0.333 e. The zero-order valence-electron chi connectivity index (χ0n) is 19.3. The van der Waals surface area contributed by atoms with E-state index in [-0.39, 0.29) is 24.3 Å². The molecule has 35 heavy (non-hydrogen) atoms. The summed E-state index contributed by atoms with van der Waals surface area (Å²) < 4.78 is 32.2. The van der Waals surface area contributed by atoms with E-state index in [0.717, 1.165) is 42.6 Å². The number of anilines is 1. The van der Waals surface area contributed by atoms with Crippen LogP contribution in [0.2, 0.25) is 0 Å². The molecule has 2 aromatic heterocycles. The number of rotatable bonds is 11. The van der Waals surface area contributed by atoms with Crippen LogP contribution in [0.5, 0.6) is 5.75 Å². The van der Waals surface area contributed by atoms with Crippen LogP contribution in [0.3, 0.4) is 0 Å². The summed E-state index contributed by atoms with van der Waals surface area (Å²) in [6.45, 7) is 0.0550. The van der Waals surface area contributed by atoms with Gasteiger partial charge >= 0.3 is 10.3 Å². The quantitative estimate of drug-likeness (QED) is 0.371. The molecule has 3 N–H and O–H groups in total. The van der Waals surface area contributed by atoms with Crippen molar-refractivity contribution in [3.63, 3.8) is 0 Å². The van der Waals surface area contributed by atoms with Crippen LogP contribution >= 0.6 is 11.3 Å². The van der Waals surface area contributed by atoms with E-state index >= 15 is 0 Å². The molecule has 0 saturated heterocycles. The Hall–Kier alpha value is -2.86. The van der Waals surface area contributed by atoms with E-state index in [2.05, 4.69) is 15.3 Å². The van der Waals surface area contributed by atoms with Crippen LogP contribution < -0.4 is 15.2 Å². The maximum absolute atomic E-state index is 13.3. The number of benzene rings is 1. The predicted molar refractivity (Wildman–Crippen MR) is 134 cm³/mol. The van der Waals surface area contributed by atoms with Gasteiger partial charge in [0.15, 0.2) is 0 Å². The molecule has 0 unspecified atom stereocenters. The fraction of sp³-hybridized carbons (Fsp3) is 0.375. The fourth-order valence-electron chi connectivity index (χ4n) is 4.30. The Bertz CT molecular complexity index is 1280. The third-order valence-electron chi connectivity index (χ3n) is 6.06. The van der Waals surface area contributed by atoms with Crippen molar-refractivity contribution in [2.45, 2.75) is 38.1 Å². The van der Waals surface area contributed by atoms with Gasteiger partial charge in [0.2, 0.25) is 5.78 Å². The molecule has 1 aromatic carbocycles. The molecule has 0 amide bonds. The minimum Gasteiger partial charge on any atom is -0.496 e. The lowest BCUT2D eigenvalue weighted by Gasteiger charge is -2.15. The zero-order chi connectivity index (χ0) is 24.8. The van der Waals surface area contributed by atoms with Crippen LogP contribution in [0.1, 0.15) is 45.6 Å². The first-order chi connectivity index (χ1) is 16.8. The van der Waals surface area contributed by atoms with E-state index in [1.165, 1.54) is 23.9 Å². The fourth-order valence-corrected chi connectivity index (χ4v) is 5.58. The number of methoxy groups -OCH3 is 1. The van der Waals surface area contributed by atoms with Crippen molar-refractivity contribution in [2.24, 2.45) is 11.1 Å². The van der Waals surface area contributed by atoms with Gasteiger partial charge in [-0.1, -0.05) is 18.2 Å². The second-order valence-electron chi connectivity index (χ2n) is 8.54. The highest BCUT2D eigenvalue weighted by atomic mass is 32.2. The number of thiophene rings is 1. The summed E-state index contributed by atoms with van der Waals surface area (Å²) in [4.78, 5) is 22.3. The van der Waals surface area contributed by atoms with Crippen LogP contribution in [0.15, 0.2) is 48.2 Å². The molecule has 3 aromatic rings. The van der Waals surface area contributed by atoms with Crippen LogP contribution in [0.25, 0.3) is 0 Å². The van der Waals surface area contributed by atoms with E-state index in [0.29, 0.717) is 22.7 Å². The largest absolute Gasteiger partial charge is 0.496 e. The zero-order valence-corrected chi connectivity index (χ0v) is 21.0. The number of hydrogen-bond acceptors (Lipinski definition) is 9. The molecule has 9 nitrogen and oxygen atoms in total. The first-order valence-corrected chi connectivity index (χ1v) is 13.6. The molecule has 0 radical (unpaired) electrons. The second kappa shape index (κ2) is 11.3. The van der Waals surface area contributed by atoms with Gasteiger partial charge < -0.3 is 10.1 Å². The summed E-state index contributed by atoms with van der Waals surface area (Å²) in [5, 5.41) is 10.3. The third-order valence-corrected chi connectivity index (χ3v) is 7.50.